The number of nitrogens with one attached hydrogen (secondary N) is 1. The molecule has 0 amide bonds. The average Bonchev–Trinajstić information content (AvgIpc) is 2.36. The highest BCUT2D eigenvalue weighted by atomic mass is 16.5. The Hall–Kier alpha value is -0.120. The van der Waals surface area contributed by atoms with Gasteiger partial charge in [-0.3, -0.25) is 4.90 Å². The van der Waals surface area contributed by atoms with Crippen molar-refractivity contribution in [3.8, 4) is 0 Å². The number of nitrogens with zero attached hydrogens (tertiary/aromatic N) is 1. The molecule has 1 N–H and O–H groups in total. The summed E-state index contributed by atoms with van der Waals surface area (Å²) in [6.07, 6.45) is 4.87. The van der Waals surface area contributed by atoms with Crippen LogP contribution in [-0.4, -0.2) is 48.3 Å². The van der Waals surface area contributed by atoms with Crippen molar-refractivity contribution in [1.29, 1.82) is 0 Å². The van der Waals surface area contributed by atoms with Gasteiger partial charge in [0.15, 0.2) is 0 Å². The van der Waals surface area contributed by atoms with Crippen LogP contribution < -0.4 is 5.32 Å². The van der Waals surface area contributed by atoms with Gasteiger partial charge < -0.3 is 10.1 Å². The van der Waals surface area contributed by atoms with Crippen molar-refractivity contribution >= 4 is 0 Å². The van der Waals surface area contributed by atoms with E-state index in [4.69, 9.17) is 4.74 Å². The molecule has 3 nitrogen and oxygen atoms in total. The van der Waals surface area contributed by atoms with E-state index in [9.17, 15) is 0 Å². The minimum atomic E-state index is 0.0633. The second kappa shape index (κ2) is 5.89. The molecule has 0 spiro atoms. The van der Waals surface area contributed by atoms with E-state index in [0.717, 1.165) is 19.2 Å². The fourth-order valence-corrected chi connectivity index (χ4v) is 3.47. The Bertz CT molecular complexity index is 267. The smallest absolute Gasteiger partial charge is 0.0641 e. The summed E-state index contributed by atoms with van der Waals surface area (Å²) in [6, 6.07) is 2.11. The zero-order valence-electron chi connectivity index (χ0n) is 12.5. The Morgan fingerprint density at radius 1 is 1.28 bits per heavy atom. The van der Waals surface area contributed by atoms with Crippen LogP contribution in [0.1, 0.15) is 53.4 Å². The molecule has 2 heterocycles. The number of rotatable bonds is 3. The molecular weight excluding hydrogens is 224 g/mol. The summed E-state index contributed by atoms with van der Waals surface area (Å²) in [5, 5.41) is 3.69. The molecule has 2 saturated heterocycles. The fraction of sp³-hybridized carbons (Fsp3) is 1.00. The van der Waals surface area contributed by atoms with Crippen LogP contribution in [0, 0.1) is 0 Å². The molecule has 2 fully saturated rings. The Morgan fingerprint density at radius 2 is 2.06 bits per heavy atom. The third-order valence-electron chi connectivity index (χ3n) is 4.65. The van der Waals surface area contributed by atoms with Crippen molar-refractivity contribution in [3.05, 3.63) is 0 Å². The maximum absolute atomic E-state index is 5.87. The van der Waals surface area contributed by atoms with Gasteiger partial charge in [0.25, 0.3) is 0 Å². The number of hydrogen-bond acceptors (Lipinski definition) is 3. The Balaban J connectivity index is 2.03. The Morgan fingerprint density at radius 3 is 2.67 bits per heavy atom. The number of hydrogen-bond donors (Lipinski definition) is 1. The van der Waals surface area contributed by atoms with Gasteiger partial charge in [-0.1, -0.05) is 13.8 Å². The molecule has 0 aliphatic carbocycles. The van der Waals surface area contributed by atoms with Crippen LogP contribution in [0.5, 0.6) is 0 Å². The predicted molar refractivity (Wildman–Crippen MR) is 75.9 cm³/mol. The third kappa shape index (κ3) is 3.25. The van der Waals surface area contributed by atoms with Crippen LogP contribution in [0.4, 0.5) is 0 Å². The monoisotopic (exact) mass is 254 g/mol. The first-order valence-corrected chi connectivity index (χ1v) is 7.68. The zero-order chi connectivity index (χ0) is 13.2. The lowest BCUT2D eigenvalue weighted by molar-refractivity contribution is -0.0942. The highest BCUT2D eigenvalue weighted by Gasteiger charge is 2.37. The van der Waals surface area contributed by atoms with Crippen LogP contribution in [0.15, 0.2) is 0 Å². The lowest BCUT2D eigenvalue weighted by Crippen LogP contribution is -2.61. The van der Waals surface area contributed by atoms with Crippen molar-refractivity contribution in [2.45, 2.75) is 77.1 Å². The lowest BCUT2D eigenvalue weighted by atomic mass is 9.90. The van der Waals surface area contributed by atoms with Gasteiger partial charge in [-0.2, -0.15) is 0 Å². The summed E-state index contributed by atoms with van der Waals surface area (Å²) >= 11 is 0. The SMILES string of the molecule is CCC1CN(C2CCOC(C)(C)C2)C(CC)CN1. The molecule has 0 radical (unpaired) electrons. The first-order valence-electron chi connectivity index (χ1n) is 7.68. The molecule has 0 saturated carbocycles. The standard InChI is InChI=1S/C15H30N2O/c1-5-12-11-17(13(6-2)10-16-12)14-7-8-18-15(3,4)9-14/h12-14,16H,5-11H2,1-4H3. The van der Waals surface area contributed by atoms with Gasteiger partial charge in [0.1, 0.15) is 0 Å². The molecule has 0 aromatic rings. The van der Waals surface area contributed by atoms with Crippen molar-refractivity contribution in [1.82, 2.24) is 10.2 Å². The zero-order valence-corrected chi connectivity index (χ0v) is 12.5. The molecule has 3 heteroatoms. The van der Waals surface area contributed by atoms with Crippen LogP contribution in [-0.2, 0) is 4.74 Å². The first-order chi connectivity index (χ1) is 8.55. The minimum absolute atomic E-state index is 0.0633. The van der Waals surface area contributed by atoms with Gasteiger partial charge in [-0.05, 0) is 39.5 Å². The molecule has 106 valence electrons. The minimum Gasteiger partial charge on any atom is -0.375 e. The molecular formula is C15H30N2O. The van der Waals surface area contributed by atoms with Crippen molar-refractivity contribution in [3.63, 3.8) is 0 Å². The summed E-state index contributed by atoms with van der Waals surface area (Å²) in [5.41, 5.74) is 0.0633. The molecule has 0 aromatic carbocycles. The highest BCUT2D eigenvalue weighted by Crippen LogP contribution is 2.30. The molecule has 2 aliphatic rings. The first kappa shape index (κ1) is 14.3. The summed E-state index contributed by atoms with van der Waals surface area (Å²) in [4.78, 5) is 2.77. The van der Waals surface area contributed by atoms with E-state index >= 15 is 0 Å². The van der Waals surface area contributed by atoms with Gasteiger partial charge in [0, 0.05) is 37.8 Å². The van der Waals surface area contributed by atoms with Gasteiger partial charge in [0.05, 0.1) is 5.60 Å². The fourth-order valence-electron chi connectivity index (χ4n) is 3.47. The number of piperazine rings is 1. The molecule has 0 aromatic heterocycles. The van der Waals surface area contributed by atoms with Crippen LogP contribution >= 0.6 is 0 Å². The van der Waals surface area contributed by atoms with E-state index < -0.39 is 0 Å². The molecule has 3 unspecified atom stereocenters. The summed E-state index contributed by atoms with van der Waals surface area (Å²) < 4.78 is 5.87. The summed E-state index contributed by atoms with van der Waals surface area (Å²) in [7, 11) is 0. The van der Waals surface area contributed by atoms with E-state index in [0.29, 0.717) is 12.1 Å². The van der Waals surface area contributed by atoms with Crippen LogP contribution in [0.3, 0.4) is 0 Å². The predicted octanol–water partition coefficient (Wildman–Crippen LogP) is 2.41. The van der Waals surface area contributed by atoms with Gasteiger partial charge in [-0.15, -0.1) is 0 Å². The topological polar surface area (TPSA) is 24.5 Å². The number of ether oxygens (including phenoxy) is 1. The Labute approximate surface area is 112 Å². The van der Waals surface area contributed by atoms with Crippen LogP contribution in [0.25, 0.3) is 0 Å². The molecule has 2 rings (SSSR count). The lowest BCUT2D eigenvalue weighted by Gasteiger charge is -2.48. The normalized spacial score (nSPS) is 37.7. The summed E-state index contributed by atoms with van der Waals surface area (Å²) in [5.74, 6) is 0. The van der Waals surface area contributed by atoms with Crippen molar-refractivity contribution < 1.29 is 4.74 Å². The average molecular weight is 254 g/mol. The van der Waals surface area contributed by atoms with E-state index in [2.05, 4.69) is 37.9 Å². The van der Waals surface area contributed by atoms with Gasteiger partial charge in [0.2, 0.25) is 0 Å². The van der Waals surface area contributed by atoms with E-state index in [1.165, 1.54) is 32.2 Å². The van der Waals surface area contributed by atoms with Crippen LogP contribution in [0.2, 0.25) is 0 Å². The maximum Gasteiger partial charge on any atom is 0.0641 e. The third-order valence-corrected chi connectivity index (χ3v) is 4.65. The largest absolute Gasteiger partial charge is 0.375 e. The maximum atomic E-state index is 5.87. The second-order valence-corrected chi connectivity index (χ2v) is 6.53. The van der Waals surface area contributed by atoms with Crippen molar-refractivity contribution in [2.24, 2.45) is 0 Å². The van der Waals surface area contributed by atoms with E-state index in [1.807, 2.05) is 0 Å². The Kier molecular flexibility index (Phi) is 4.68. The highest BCUT2D eigenvalue weighted by molar-refractivity contribution is 4.93. The molecule has 18 heavy (non-hydrogen) atoms. The quantitative estimate of drug-likeness (QED) is 0.837. The second-order valence-electron chi connectivity index (χ2n) is 6.53. The summed E-state index contributed by atoms with van der Waals surface area (Å²) in [6.45, 7) is 12.4. The molecule has 2 aliphatic heterocycles. The molecule has 0 bridgehead atoms. The van der Waals surface area contributed by atoms with E-state index in [1.54, 1.807) is 0 Å². The van der Waals surface area contributed by atoms with E-state index in [-0.39, 0.29) is 5.60 Å². The van der Waals surface area contributed by atoms with Crippen molar-refractivity contribution in [2.75, 3.05) is 19.7 Å². The molecule has 3 atom stereocenters. The van der Waals surface area contributed by atoms with Gasteiger partial charge in [-0.25, -0.2) is 0 Å². The van der Waals surface area contributed by atoms with Gasteiger partial charge >= 0.3 is 0 Å².